The lowest BCUT2D eigenvalue weighted by molar-refractivity contribution is -0.124. The predicted molar refractivity (Wildman–Crippen MR) is 88.3 cm³/mol. The summed E-state index contributed by atoms with van der Waals surface area (Å²) in [5, 5.41) is 2.81. The van der Waals surface area contributed by atoms with E-state index in [1.807, 2.05) is 32.0 Å². The van der Waals surface area contributed by atoms with E-state index in [4.69, 9.17) is 4.74 Å². The molecule has 0 spiro atoms. The van der Waals surface area contributed by atoms with E-state index in [-0.39, 0.29) is 5.91 Å². The number of anilines is 1. The Morgan fingerprint density at radius 1 is 1.26 bits per heavy atom. The number of benzene rings is 1. The summed E-state index contributed by atoms with van der Waals surface area (Å²) in [6.07, 6.45) is 2.53. The maximum atomic E-state index is 12.3. The van der Waals surface area contributed by atoms with Crippen LogP contribution >= 0.6 is 0 Å². The van der Waals surface area contributed by atoms with Gasteiger partial charge >= 0.3 is 5.97 Å². The second-order valence-electron chi connectivity index (χ2n) is 5.35. The van der Waals surface area contributed by atoms with E-state index < -0.39 is 12.1 Å². The highest BCUT2D eigenvalue weighted by molar-refractivity contribution is 5.97. The van der Waals surface area contributed by atoms with E-state index in [0.29, 0.717) is 12.0 Å². The van der Waals surface area contributed by atoms with Gasteiger partial charge in [-0.3, -0.25) is 9.78 Å². The number of hydrogen-bond donors (Lipinski definition) is 1. The molecule has 1 atom stereocenters. The number of nitrogens with zero attached hydrogens (tertiary/aromatic N) is 1. The molecule has 23 heavy (non-hydrogen) atoms. The van der Waals surface area contributed by atoms with Crippen LogP contribution < -0.4 is 5.32 Å². The highest BCUT2D eigenvalue weighted by Gasteiger charge is 2.22. The van der Waals surface area contributed by atoms with E-state index >= 15 is 0 Å². The number of nitrogens with one attached hydrogen (secondary N) is 1. The van der Waals surface area contributed by atoms with Gasteiger partial charge in [0.25, 0.3) is 5.91 Å². The molecule has 0 bridgehead atoms. The van der Waals surface area contributed by atoms with Crippen molar-refractivity contribution in [1.82, 2.24) is 4.98 Å². The van der Waals surface area contributed by atoms with Crippen molar-refractivity contribution in [3.8, 4) is 0 Å². The van der Waals surface area contributed by atoms with Crippen molar-refractivity contribution in [2.75, 3.05) is 5.32 Å². The molecule has 2 aromatic rings. The lowest BCUT2D eigenvalue weighted by Crippen LogP contribution is -2.32. The molecule has 1 N–H and O–H groups in total. The molecule has 1 heterocycles. The molecule has 5 heteroatoms. The van der Waals surface area contributed by atoms with Gasteiger partial charge in [0.1, 0.15) is 0 Å². The molecule has 1 amide bonds. The van der Waals surface area contributed by atoms with Crippen LogP contribution in [0.2, 0.25) is 0 Å². The molecule has 0 saturated heterocycles. The Bertz CT molecular complexity index is 699. The fraction of sp³-hybridized carbons (Fsp3) is 0.278. The van der Waals surface area contributed by atoms with Crippen molar-refractivity contribution in [3.63, 3.8) is 0 Å². The molecule has 1 aromatic heterocycles. The molecule has 5 nitrogen and oxygen atoms in total. The first kappa shape index (κ1) is 16.7. The van der Waals surface area contributed by atoms with Gasteiger partial charge in [0.2, 0.25) is 0 Å². The molecular formula is C18H20N2O3. The summed E-state index contributed by atoms with van der Waals surface area (Å²) >= 11 is 0. The number of carbonyl (C=O) groups excluding carboxylic acids is 2. The van der Waals surface area contributed by atoms with Crippen LogP contribution in [-0.2, 0) is 9.53 Å². The molecule has 0 saturated carbocycles. The third kappa shape index (κ3) is 4.39. The number of carbonyl (C=O) groups is 2. The monoisotopic (exact) mass is 312 g/mol. The lowest BCUT2D eigenvalue weighted by Gasteiger charge is -2.17. The first-order chi connectivity index (χ1) is 11.0. The van der Waals surface area contributed by atoms with Crippen molar-refractivity contribution < 1.29 is 14.3 Å². The van der Waals surface area contributed by atoms with Crippen molar-refractivity contribution in [2.24, 2.45) is 0 Å². The van der Waals surface area contributed by atoms with Gasteiger partial charge in [-0.2, -0.15) is 0 Å². The summed E-state index contributed by atoms with van der Waals surface area (Å²) < 4.78 is 5.29. The zero-order chi connectivity index (χ0) is 16.8. The Morgan fingerprint density at radius 3 is 2.65 bits per heavy atom. The highest BCUT2D eigenvalue weighted by Crippen LogP contribution is 2.17. The number of amides is 1. The Kier molecular flexibility index (Phi) is 5.46. The van der Waals surface area contributed by atoms with Gasteiger partial charge in [0.05, 0.1) is 5.56 Å². The number of hydrogen-bond acceptors (Lipinski definition) is 4. The minimum absolute atomic E-state index is 0.324. The summed E-state index contributed by atoms with van der Waals surface area (Å²) in [5.74, 6) is -0.891. The second-order valence-corrected chi connectivity index (χ2v) is 5.35. The van der Waals surface area contributed by atoms with Gasteiger partial charge in [-0.1, -0.05) is 24.6 Å². The van der Waals surface area contributed by atoms with Crippen LogP contribution in [0.15, 0.2) is 42.7 Å². The smallest absolute Gasteiger partial charge is 0.340 e. The fourth-order valence-corrected chi connectivity index (χ4v) is 2.17. The largest absolute Gasteiger partial charge is 0.449 e. The average molecular weight is 312 g/mol. The Hall–Kier alpha value is -2.69. The van der Waals surface area contributed by atoms with Crippen molar-refractivity contribution in [2.45, 2.75) is 33.3 Å². The summed E-state index contributed by atoms with van der Waals surface area (Å²) in [6.45, 7) is 5.71. The number of ether oxygens (including phenoxy) is 1. The quantitative estimate of drug-likeness (QED) is 0.860. The van der Waals surface area contributed by atoms with Crippen LogP contribution in [0.1, 0.15) is 34.8 Å². The first-order valence-corrected chi connectivity index (χ1v) is 7.50. The standard InChI is InChI=1S/C18H20N2O3/c1-4-16(23-18(22)14-6-5-9-19-11-14)17(21)20-15-8-7-12(2)10-13(15)3/h5-11,16H,4H2,1-3H3,(H,20,21). The minimum Gasteiger partial charge on any atom is -0.449 e. The molecule has 0 radical (unpaired) electrons. The van der Waals surface area contributed by atoms with E-state index in [1.54, 1.807) is 25.3 Å². The van der Waals surface area contributed by atoms with Gasteiger partial charge in [0, 0.05) is 18.1 Å². The maximum absolute atomic E-state index is 12.3. The van der Waals surface area contributed by atoms with E-state index in [9.17, 15) is 9.59 Å². The van der Waals surface area contributed by atoms with Crippen LogP contribution in [0.25, 0.3) is 0 Å². The Morgan fingerprint density at radius 2 is 2.04 bits per heavy atom. The number of rotatable bonds is 5. The highest BCUT2D eigenvalue weighted by atomic mass is 16.5. The van der Waals surface area contributed by atoms with Crippen LogP contribution in [0, 0.1) is 13.8 Å². The molecule has 2 rings (SSSR count). The lowest BCUT2D eigenvalue weighted by atomic mass is 10.1. The molecule has 0 fully saturated rings. The van der Waals surface area contributed by atoms with E-state index in [1.165, 1.54) is 6.20 Å². The number of aromatic nitrogens is 1. The molecule has 1 unspecified atom stereocenters. The van der Waals surface area contributed by atoms with Crippen molar-refractivity contribution >= 4 is 17.6 Å². The normalized spacial score (nSPS) is 11.6. The second kappa shape index (κ2) is 7.54. The van der Waals surface area contributed by atoms with Gasteiger partial charge in [-0.25, -0.2) is 4.79 Å². The van der Waals surface area contributed by atoms with Gasteiger partial charge < -0.3 is 10.1 Å². The molecule has 0 aliphatic carbocycles. The molecule has 120 valence electrons. The first-order valence-electron chi connectivity index (χ1n) is 7.50. The van der Waals surface area contributed by atoms with Crippen LogP contribution in [0.5, 0.6) is 0 Å². The average Bonchev–Trinajstić information content (AvgIpc) is 2.55. The summed E-state index contributed by atoms with van der Waals surface area (Å²) in [7, 11) is 0. The SMILES string of the molecule is CCC(OC(=O)c1cccnc1)C(=O)Nc1ccc(C)cc1C. The topological polar surface area (TPSA) is 68.3 Å². The number of pyridine rings is 1. The zero-order valence-corrected chi connectivity index (χ0v) is 13.5. The zero-order valence-electron chi connectivity index (χ0n) is 13.5. The summed E-state index contributed by atoms with van der Waals surface area (Å²) in [6, 6.07) is 9.00. The van der Waals surface area contributed by atoms with Gasteiger partial charge in [-0.05, 0) is 44.0 Å². The summed E-state index contributed by atoms with van der Waals surface area (Å²) in [5.41, 5.74) is 3.13. The summed E-state index contributed by atoms with van der Waals surface area (Å²) in [4.78, 5) is 28.3. The Labute approximate surface area is 135 Å². The molecular weight excluding hydrogens is 292 g/mol. The van der Waals surface area contributed by atoms with E-state index in [0.717, 1.165) is 16.8 Å². The predicted octanol–water partition coefficient (Wildman–Crippen LogP) is 3.27. The minimum atomic E-state index is -0.844. The van der Waals surface area contributed by atoms with Crippen LogP contribution in [-0.4, -0.2) is 23.0 Å². The van der Waals surface area contributed by atoms with Crippen molar-refractivity contribution in [3.05, 3.63) is 59.4 Å². The Balaban J connectivity index is 2.05. The van der Waals surface area contributed by atoms with Gasteiger partial charge in [-0.15, -0.1) is 0 Å². The third-order valence-electron chi connectivity index (χ3n) is 3.45. The van der Waals surface area contributed by atoms with Gasteiger partial charge in [0.15, 0.2) is 6.10 Å². The molecule has 0 aliphatic heterocycles. The fourth-order valence-electron chi connectivity index (χ4n) is 2.17. The van der Waals surface area contributed by atoms with Crippen LogP contribution in [0.4, 0.5) is 5.69 Å². The van der Waals surface area contributed by atoms with E-state index in [2.05, 4.69) is 10.3 Å². The maximum Gasteiger partial charge on any atom is 0.340 e. The van der Waals surface area contributed by atoms with Crippen molar-refractivity contribution in [1.29, 1.82) is 0 Å². The van der Waals surface area contributed by atoms with Crippen LogP contribution in [0.3, 0.4) is 0 Å². The number of esters is 1. The molecule has 0 aliphatic rings. The third-order valence-corrected chi connectivity index (χ3v) is 3.45. The molecule has 1 aromatic carbocycles. The number of aryl methyl sites for hydroxylation is 2.